The molecule has 1 atom stereocenters. The third-order valence-corrected chi connectivity index (χ3v) is 5.94. The lowest BCUT2D eigenvalue weighted by Crippen LogP contribution is -2.22. The van der Waals surface area contributed by atoms with E-state index in [0.29, 0.717) is 39.9 Å². The number of aromatic nitrogens is 6. The minimum absolute atomic E-state index is 0.296. The summed E-state index contributed by atoms with van der Waals surface area (Å²) in [6.45, 7) is 0.505. The molecule has 0 bridgehead atoms. The quantitative estimate of drug-likeness (QED) is 0.421. The number of halogens is 1. The van der Waals surface area contributed by atoms with Gasteiger partial charge in [-0.1, -0.05) is 48.0 Å². The fourth-order valence-corrected chi connectivity index (χ4v) is 4.25. The molecule has 6 aromatic rings. The summed E-state index contributed by atoms with van der Waals surface area (Å²) >= 11 is 6.05. The van der Waals surface area contributed by atoms with Crippen molar-refractivity contribution < 1.29 is 0 Å². The highest BCUT2D eigenvalue weighted by Gasteiger charge is 2.19. The fraction of sp³-hybridized carbons (Fsp3) is 0.0833. The van der Waals surface area contributed by atoms with Crippen LogP contribution in [0.5, 0.6) is 0 Å². The van der Waals surface area contributed by atoms with Crippen LogP contribution in [0.25, 0.3) is 27.6 Å². The second-order valence-electron chi connectivity index (χ2n) is 7.93. The molecular formula is C24H18ClN7O. The number of H-pyrrole nitrogens is 1. The van der Waals surface area contributed by atoms with Crippen LogP contribution in [0.3, 0.4) is 0 Å². The molecular weight excluding hydrogens is 438 g/mol. The molecule has 0 aliphatic carbocycles. The van der Waals surface area contributed by atoms with E-state index in [4.69, 9.17) is 17.3 Å². The van der Waals surface area contributed by atoms with E-state index in [1.54, 1.807) is 39.8 Å². The van der Waals surface area contributed by atoms with Crippen molar-refractivity contribution in [1.29, 1.82) is 0 Å². The van der Waals surface area contributed by atoms with Crippen molar-refractivity contribution in [3.8, 4) is 0 Å². The normalized spacial score (nSPS) is 12.7. The van der Waals surface area contributed by atoms with Gasteiger partial charge in [0.2, 0.25) is 0 Å². The van der Waals surface area contributed by atoms with E-state index >= 15 is 0 Å². The summed E-state index contributed by atoms with van der Waals surface area (Å²) in [7, 11) is 0. The molecule has 0 spiro atoms. The summed E-state index contributed by atoms with van der Waals surface area (Å²) in [4.78, 5) is 29.2. The number of benzene rings is 2. The van der Waals surface area contributed by atoms with Crippen LogP contribution in [0, 0.1) is 0 Å². The van der Waals surface area contributed by atoms with E-state index in [1.807, 2.05) is 12.1 Å². The van der Waals surface area contributed by atoms with Crippen LogP contribution < -0.4 is 11.3 Å². The van der Waals surface area contributed by atoms with Crippen LogP contribution in [0.1, 0.15) is 23.1 Å². The molecule has 0 aliphatic heterocycles. The molecule has 4 aromatic heterocycles. The first kappa shape index (κ1) is 19.7. The highest BCUT2D eigenvalue weighted by Crippen LogP contribution is 2.20. The number of fused-ring (bicyclic) bond motifs is 3. The van der Waals surface area contributed by atoms with Gasteiger partial charge in [-0.05, 0) is 34.5 Å². The smallest absolute Gasteiger partial charge is 0.277 e. The van der Waals surface area contributed by atoms with Crippen LogP contribution in [-0.4, -0.2) is 28.9 Å². The van der Waals surface area contributed by atoms with Crippen LogP contribution in [0.2, 0.25) is 5.02 Å². The van der Waals surface area contributed by atoms with E-state index in [9.17, 15) is 4.79 Å². The number of aromatic amines is 1. The van der Waals surface area contributed by atoms with Gasteiger partial charge in [0.25, 0.3) is 5.56 Å². The minimum Gasteiger partial charge on any atom is -0.320 e. The van der Waals surface area contributed by atoms with Gasteiger partial charge in [0.1, 0.15) is 17.5 Å². The summed E-state index contributed by atoms with van der Waals surface area (Å²) in [6, 6.07) is 17.2. The Labute approximate surface area is 192 Å². The van der Waals surface area contributed by atoms with Gasteiger partial charge in [-0.15, -0.1) is 0 Å². The first-order valence-corrected chi connectivity index (χ1v) is 10.8. The highest BCUT2D eigenvalue weighted by atomic mass is 35.5. The standard InChI is InChI=1S/C24H18ClN7O/c25-17-7-8-19-28-18(12-31(19)11-17)20(26)22-29-23-21(24(33)30-22)32(13-27-23)10-14-5-6-15-3-1-2-4-16(15)9-14/h1-9,11-13,20H,10,26H2,(H,29,30,33). The topological polar surface area (TPSA) is 107 Å². The molecule has 0 amide bonds. The Morgan fingerprint density at radius 1 is 1.03 bits per heavy atom. The van der Waals surface area contributed by atoms with Crippen molar-refractivity contribution in [2.45, 2.75) is 12.6 Å². The Morgan fingerprint density at radius 2 is 1.88 bits per heavy atom. The summed E-state index contributed by atoms with van der Waals surface area (Å²) in [5.41, 5.74) is 9.17. The first-order valence-electron chi connectivity index (χ1n) is 10.4. The molecule has 0 aliphatic rings. The summed E-state index contributed by atoms with van der Waals surface area (Å²) in [5.74, 6) is 0.304. The Morgan fingerprint density at radius 3 is 2.76 bits per heavy atom. The number of nitrogens with two attached hydrogens (primary N) is 1. The molecule has 1 unspecified atom stereocenters. The molecule has 8 nitrogen and oxygen atoms in total. The zero-order chi connectivity index (χ0) is 22.5. The van der Waals surface area contributed by atoms with Crippen LogP contribution in [-0.2, 0) is 6.54 Å². The SMILES string of the molecule is NC(c1cn2cc(Cl)ccc2n1)c1nc2ncn(Cc3ccc4ccccc4c3)c2c(=O)[nH]1. The number of nitrogens with zero attached hydrogens (tertiary/aromatic N) is 5. The molecule has 0 saturated heterocycles. The van der Waals surface area contributed by atoms with E-state index in [-0.39, 0.29) is 5.56 Å². The number of hydrogen-bond donors (Lipinski definition) is 2. The van der Waals surface area contributed by atoms with Gasteiger partial charge in [0.15, 0.2) is 11.2 Å². The van der Waals surface area contributed by atoms with Crippen molar-refractivity contribution in [1.82, 2.24) is 28.9 Å². The maximum absolute atomic E-state index is 13.0. The van der Waals surface area contributed by atoms with Gasteiger partial charge in [-0.2, -0.15) is 0 Å². The van der Waals surface area contributed by atoms with Gasteiger partial charge >= 0.3 is 0 Å². The number of pyridine rings is 1. The predicted molar refractivity (Wildman–Crippen MR) is 127 cm³/mol. The van der Waals surface area contributed by atoms with Crippen molar-refractivity contribution in [2.75, 3.05) is 0 Å². The van der Waals surface area contributed by atoms with Crippen LogP contribution >= 0.6 is 11.6 Å². The van der Waals surface area contributed by atoms with E-state index in [0.717, 1.165) is 10.9 Å². The molecule has 0 fully saturated rings. The second kappa shape index (κ2) is 7.54. The Kier molecular flexibility index (Phi) is 4.49. The first-order chi connectivity index (χ1) is 16.0. The second-order valence-corrected chi connectivity index (χ2v) is 8.37. The highest BCUT2D eigenvalue weighted by molar-refractivity contribution is 6.30. The largest absolute Gasteiger partial charge is 0.320 e. The zero-order valence-electron chi connectivity index (χ0n) is 17.3. The molecule has 2 aromatic carbocycles. The van der Waals surface area contributed by atoms with Gasteiger partial charge in [0.05, 0.1) is 17.0 Å². The van der Waals surface area contributed by atoms with Crippen LogP contribution in [0.4, 0.5) is 0 Å². The molecule has 162 valence electrons. The number of imidazole rings is 2. The van der Waals surface area contributed by atoms with Gasteiger partial charge in [0, 0.05) is 18.9 Å². The maximum atomic E-state index is 13.0. The van der Waals surface area contributed by atoms with Crippen LogP contribution in [0.15, 0.2) is 78.1 Å². The van der Waals surface area contributed by atoms with E-state index in [2.05, 4.69) is 50.3 Å². The third-order valence-electron chi connectivity index (χ3n) is 5.72. The average molecular weight is 456 g/mol. The molecule has 3 N–H and O–H groups in total. The monoisotopic (exact) mass is 455 g/mol. The molecule has 9 heteroatoms. The molecule has 4 heterocycles. The molecule has 6 rings (SSSR count). The maximum Gasteiger partial charge on any atom is 0.277 e. The number of nitrogens with one attached hydrogen (secondary N) is 1. The van der Waals surface area contributed by atoms with Crippen molar-refractivity contribution in [2.24, 2.45) is 5.73 Å². The molecule has 33 heavy (non-hydrogen) atoms. The Balaban J connectivity index is 1.35. The van der Waals surface area contributed by atoms with Crippen molar-refractivity contribution in [3.63, 3.8) is 0 Å². The fourth-order valence-electron chi connectivity index (χ4n) is 4.08. The lowest BCUT2D eigenvalue weighted by atomic mass is 10.1. The Bertz CT molecular complexity index is 1720. The van der Waals surface area contributed by atoms with Crippen molar-refractivity contribution in [3.05, 3.63) is 106 Å². The third kappa shape index (κ3) is 3.45. The van der Waals surface area contributed by atoms with E-state index in [1.165, 1.54) is 5.39 Å². The zero-order valence-corrected chi connectivity index (χ0v) is 18.1. The Hall–Kier alpha value is -4.01. The van der Waals surface area contributed by atoms with Gasteiger partial charge in [-0.3, -0.25) is 4.79 Å². The lowest BCUT2D eigenvalue weighted by Gasteiger charge is -2.09. The van der Waals surface area contributed by atoms with Crippen molar-refractivity contribution >= 4 is 39.2 Å². The van der Waals surface area contributed by atoms with Gasteiger partial charge in [-0.25, -0.2) is 15.0 Å². The molecule has 0 radical (unpaired) electrons. The molecule has 0 saturated carbocycles. The summed E-state index contributed by atoms with van der Waals surface area (Å²) in [6.07, 6.45) is 5.15. The lowest BCUT2D eigenvalue weighted by molar-refractivity contribution is 0.757. The number of rotatable bonds is 4. The minimum atomic E-state index is -0.716. The van der Waals surface area contributed by atoms with Gasteiger partial charge < -0.3 is 19.7 Å². The predicted octanol–water partition coefficient (Wildman–Crippen LogP) is 3.67. The summed E-state index contributed by atoms with van der Waals surface area (Å²) < 4.78 is 3.58. The number of hydrogen-bond acceptors (Lipinski definition) is 5. The summed E-state index contributed by atoms with van der Waals surface area (Å²) in [5, 5.41) is 2.91. The van der Waals surface area contributed by atoms with E-state index < -0.39 is 6.04 Å². The average Bonchev–Trinajstić information content (AvgIpc) is 3.42.